The van der Waals surface area contributed by atoms with Gasteiger partial charge in [-0.15, -0.1) is 0 Å². The van der Waals surface area contributed by atoms with Crippen LogP contribution in [0.25, 0.3) is 22.3 Å². The molecule has 2 fully saturated rings. The number of benzene rings is 2. The van der Waals surface area contributed by atoms with E-state index in [1.165, 1.54) is 19.3 Å². The molecule has 4 aromatic rings. The summed E-state index contributed by atoms with van der Waals surface area (Å²) < 4.78 is 6.30. The molecule has 7 nitrogen and oxygen atoms in total. The molecule has 6 rings (SSSR count). The first-order valence-corrected chi connectivity index (χ1v) is 10.8. The van der Waals surface area contributed by atoms with Crippen LogP contribution in [0.4, 0.5) is 11.4 Å². The SMILES string of the molecule is c1ccc(Nc2ccc3[nH]nc(-c4cncc(O[C@H]5CNCCC56CC6)n4)c3c2)cc1. The predicted octanol–water partition coefficient (Wildman–Crippen LogP) is 4.28. The van der Waals surface area contributed by atoms with Gasteiger partial charge in [0.25, 0.3) is 0 Å². The van der Waals surface area contributed by atoms with Gasteiger partial charge >= 0.3 is 0 Å². The van der Waals surface area contributed by atoms with Crippen LogP contribution >= 0.6 is 0 Å². The third-order valence-corrected chi connectivity index (χ3v) is 6.45. The highest BCUT2D eigenvalue weighted by molar-refractivity contribution is 5.94. The maximum atomic E-state index is 6.30. The number of hydrogen-bond acceptors (Lipinski definition) is 6. The van der Waals surface area contributed by atoms with E-state index in [0.29, 0.717) is 17.0 Å². The second kappa shape index (κ2) is 7.35. The first kappa shape index (κ1) is 18.3. The summed E-state index contributed by atoms with van der Waals surface area (Å²) in [6.07, 6.45) is 7.26. The van der Waals surface area contributed by atoms with E-state index in [0.717, 1.165) is 41.1 Å². The standard InChI is InChI=1S/C24H24N6O/c1-2-4-16(5-3-1)27-17-6-7-19-18(12-17)23(30-29-19)20-13-26-15-22(28-20)31-21-14-25-11-10-24(21)8-9-24/h1-7,12-13,15,21,25,27H,8-11,14H2,(H,29,30)/t21-/m0/s1. The molecule has 1 spiro atoms. The normalized spacial score (nSPS) is 19.4. The van der Waals surface area contributed by atoms with Crippen molar-refractivity contribution in [3.8, 4) is 17.3 Å². The minimum Gasteiger partial charge on any atom is -0.471 e. The molecule has 1 saturated heterocycles. The van der Waals surface area contributed by atoms with Gasteiger partial charge in [-0.1, -0.05) is 18.2 Å². The Morgan fingerprint density at radius 3 is 2.77 bits per heavy atom. The molecule has 0 unspecified atom stereocenters. The zero-order valence-corrected chi connectivity index (χ0v) is 17.1. The molecule has 2 aromatic carbocycles. The molecule has 1 aliphatic carbocycles. The third-order valence-electron chi connectivity index (χ3n) is 6.45. The van der Waals surface area contributed by atoms with Gasteiger partial charge in [-0.05, 0) is 56.1 Å². The van der Waals surface area contributed by atoms with Crippen molar-refractivity contribution in [3.05, 3.63) is 60.9 Å². The van der Waals surface area contributed by atoms with Gasteiger partial charge in [-0.2, -0.15) is 5.10 Å². The average Bonchev–Trinajstić information content (AvgIpc) is 3.45. The Morgan fingerprint density at radius 1 is 1.00 bits per heavy atom. The van der Waals surface area contributed by atoms with Gasteiger partial charge in [0.1, 0.15) is 17.5 Å². The average molecular weight is 412 g/mol. The van der Waals surface area contributed by atoms with Crippen LogP contribution in [-0.4, -0.2) is 39.4 Å². The summed E-state index contributed by atoms with van der Waals surface area (Å²) >= 11 is 0. The lowest BCUT2D eigenvalue weighted by atomic mass is 9.92. The Labute approximate surface area is 180 Å². The summed E-state index contributed by atoms with van der Waals surface area (Å²) in [6, 6.07) is 16.3. The quantitative estimate of drug-likeness (QED) is 0.453. The Morgan fingerprint density at radius 2 is 1.90 bits per heavy atom. The molecule has 3 N–H and O–H groups in total. The maximum Gasteiger partial charge on any atom is 0.233 e. The number of nitrogens with one attached hydrogen (secondary N) is 3. The number of anilines is 2. The van der Waals surface area contributed by atoms with Crippen molar-refractivity contribution in [1.82, 2.24) is 25.5 Å². The largest absolute Gasteiger partial charge is 0.471 e. The van der Waals surface area contributed by atoms with E-state index in [9.17, 15) is 0 Å². The number of ether oxygens (including phenoxy) is 1. The lowest BCUT2D eigenvalue weighted by Gasteiger charge is -2.32. The van der Waals surface area contributed by atoms with Gasteiger partial charge in [0.2, 0.25) is 5.88 Å². The number of hydrogen-bond donors (Lipinski definition) is 3. The van der Waals surface area contributed by atoms with Crippen molar-refractivity contribution < 1.29 is 4.74 Å². The van der Waals surface area contributed by atoms with E-state index in [1.807, 2.05) is 42.5 Å². The van der Waals surface area contributed by atoms with Gasteiger partial charge in [-0.3, -0.25) is 10.1 Å². The fourth-order valence-corrected chi connectivity index (χ4v) is 4.49. The van der Waals surface area contributed by atoms with Gasteiger partial charge in [-0.25, -0.2) is 4.98 Å². The third kappa shape index (κ3) is 3.51. The number of para-hydroxylation sites is 1. The highest BCUT2D eigenvalue weighted by Crippen LogP contribution is 2.53. The van der Waals surface area contributed by atoms with Crippen LogP contribution in [0.5, 0.6) is 5.88 Å². The van der Waals surface area contributed by atoms with Crippen molar-refractivity contribution in [2.45, 2.75) is 25.4 Å². The topological polar surface area (TPSA) is 87.8 Å². The molecule has 0 radical (unpaired) electrons. The Balaban J connectivity index is 1.29. The van der Waals surface area contributed by atoms with Crippen molar-refractivity contribution >= 4 is 22.3 Å². The summed E-state index contributed by atoms with van der Waals surface area (Å²) in [4.78, 5) is 9.14. The van der Waals surface area contributed by atoms with Gasteiger partial charge in [0.15, 0.2) is 0 Å². The summed E-state index contributed by atoms with van der Waals surface area (Å²) in [6.45, 7) is 1.94. The van der Waals surface area contributed by atoms with E-state index in [2.05, 4.69) is 31.9 Å². The zero-order chi connectivity index (χ0) is 20.7. The Hall–Kier alpha value is -3.45. The first-order chi connectivity index (χ1) is 15.3. The van der Waals surface area contributed by atoms with Crippen LogP contribution in [0.3, 0.4) is 0 Å². The van der Waals surface area contributed by atoms with Crippen LogP contribution in [-0.2, 0) is 0 Å². The van der Waals surface area contributed by atoms with E-state index >= 15 is 0 Å². The number of aromatic amines is 1. The summed E-state index contributed by atoms with van der Waals surface area (Å²) in [5.74, 6) is 0.562. The number of fused-ring (bicyclic) bond motifs is 1. The molecule has 7 heteroatoms. The molecule has 156 valence electrons. The highest BCUT2D eigenvalue weighted by Gasteiger charge is 2.52. The van der Waals surface area contributed by atoms with Crippen LogP contribution in [0.15, 0.2) is 60.9 Å². The molecule has 2 aromatic heterocycles. The van der Waals surface area contributed by atoms with E-state index in [1.54, 1.807) is 12.4 Å². The van der Waals surface area contributed by atoms with Crippen LogP contribution in [0.1, 0.15) is 19.3 Å². The van der Waals surface area contributed by atoms with Crippen molar-refractivity contribution in [2.75, 3.05) is 18.4 Å². The van der Waals surface area contributed by atoms with E-state index in [-0.39, 0.29) is 6.10 Å². The molecule has 1 atom stereocenters. The molecule has 31 heavy (non-hydrogen) atoms. The smallest absolute Gasteiger partial charge is 0.233 e. The molecule has 0 amide bonds. The number of H-pyrrole nitrogens is 1. The lowest BCUT2D eigenvalue weighted by molar-refractivity contribution is 0.0844. The second-order valence-electron chi connectivity index (χ2n) is 8.49. The molecular weight excluding hydrogens is 388 g/mol. The molecule has 0 bridgehead atoms. The predicted molar refractivity (Wildman–Crippen MR) is 120 cm³/mol. The lowest BCUT2D eigenvalue weighted by Crippen LogP contribution is -2.45. The molecule has 2 aliphatic rings. The summed E-state index contributed by atoms with van der Waals surface area (Å²) in [7, 11) is 0. The monoisotopic (exact) mass is 412 g/mol. The van der Waals surface area contributed by atoms with Crippen molar-refractivity contribution in [1.29, 1.82) is 0 Å². The maximum absolute atomic E-state index is 6.30. The second-order valence-corrected chi connectivity index (χ2v) is 8.49. The number of nitrogens with zero attached hydrogens (tertiary/aromatic N) is 3. The Kier molecular flexibility index (Phi) is 4.35. The molecule has 3 heterocycles. The Bertz CT molecular complexity index is 1220. The fraction of sp³-hybridized carbons (Fsp3) is 0.292. The van der Waals surface area contributed by atoms with E-state index in [4.69, 9.17) is 9.72 Å². The van der Waals surface area contributed by atoms with Crippen LogP contribution < -0.4 is 15.4 Å². The summed E-state index contributed by atoms with van der Waals surface area (Å²) in [5.41, 5.74) is 4.79. The van der Waals surface area contributed by atoms with E-state index < -0.39 is 0 Å². The van der Waals surface area contributed by atoms with Crippen molar-refractivity contribution in [3.63, 3.8) is 0 Å². The highest BCUT2D eigenvalue weighted by atomic mass is 16.5. The van der Waals surface area contributed by atoms with Crippen molar-refractivity contribution in [2.24, 2.45) is 5.41 Å². The zero-order valence-electron chi connectivity index (χ0n) is 17.1. The number of aromatic nitrogens is 4. The minimum atomic E-state index is 0.156. The minimum absolute atomic E-state index is 0.156. The summed E-state index contributed by atoms with van der Waals surface area (Å²) in [5, 5.41) is 15.5. The van der Waals surface area contributed by atoms with Gasteiger partial charge < -0.3 is 15.4 Å². The molecule has 1 aliphatic heterocycles. The van der Waals surface area contributed by atoms with Gasteiger partial charge in [0, 0.05) is 28.7 Å². The number of rotatable bonds is 5. The molecule has 1 saturated carbocycles. The van der Waals surface area contributed by atoms with Gasteiger partial charge in [0.05, 0.1) is 17.9 Å². The van der Waals surface area contributed by atoms with Crippen LogP contribution in [0, 0.1) is 5.41 Å². The van der Waals surface area contributed by atoms with Crippen LogP contribution in [0.2, 0.25) is 0 Å². The first-order valence-electron chi connectivity index (χ1n) is 10.8. The number of piperidine rings is 1. The fourth-order valence-electron chi connectivity index (χ4n) is 4.49. The molecular formula is C24H24N6O.